The fourth-order valence-corrected chi connectivity index (χ4v) is 0.735. The minimum atomic E-state index is -2.70. The fraction of sp³-hybridized carbons (Fsp3) is 0.714. The van der Waals surface area contributed by atoms with E-state index in [9.17, 15) is 18.4 Å². The van der Waals surface area contributed by atoms with Crippen molar-refractivity contribution in [3.8, 4) is 0 Å². The Hall–Kier alpha value is -1.44. The van der Waals surface area contributed by atoms with Crippen LogP contribution < -0.4 is 5.32 Å². The van der Waals surface area contributed by atoms with Gasteiger partial charge in [0.05, 0.1) is 13.2 Å². The predicted molar refractivity (Wildman–Crippen MR) is 45.7 cm³/mol. The SMILES string of the molecule is CN(CC(F)F)C(=O)NC(CO)C(=O)O. The summed E-state index contributed by atoms with van der Waals surface area (Å²) < 4.78 is 23.7. The quantitative estimate of drug-likeness (QED) is 0.580. The van der Waals surface area contributed by atoms with E-state index < -0.39 is 37.6 Å². The number of nitrogens with one attached hydrogen (secondary N) is 1. The molecule has 0 aliphatic carbocycles. The van der Waals surface area contributed by atoms with Gasteiger partial charge in [-0.2, -0.15) is 0 Å². The van der Waals surface area contributed by atoms with Gasteiger partial charge in [-0.3, -0.25) is 0 Å². The average Bonchev–Trinajstić information content (AvgIpc) is 2.11. The molecule has 1 unspecified atom stereocenters. The van der Waals surface area contributed by atoms with Crippen molar-refractivity contribution in [2.45, 2.75) is 12.5 Å². The second kappa shape index (κ2) is 6.12. The minimum absolute atomic E-state index is 0.635. The summed E-state index contributed by atoms with van der Waals surface area (Å²) in [5, 5.41) is 18.9. The van der Waals surface area contributed by atoms with Crippen molar-refractivity contribution >= 4 is 12.0 Å². The number of aliphatic hydroxyl groups is 1. The lowest BCUT2D eigenvalue weighted by molar-refractivity contribution is -0.140. The average molecular weight is 226 g/mol. The molecule has 0 saturated heterocycles. The van der Waals surface area contributed by atoms with E-state index >= 15 is 0 Å². The topological polar surface area (TPSA) is 89.9 Å². The Morgan fingerprint density at radius 1 is 1.47 bits per heavy atom. The maximum atomic E-state index is 11.8. The highest BCUT2D eigenvalue weighted by molar-refractivity contribution is 5.82. The summed E-state index contributed by atoms with van der Waals surface area (Å²) in [6.45, 7) is -1.60. The van der Waals surface area contributed by atoms with Gasteiger partial charge in [0.25, 0.3) is 6.43 Å². The molecule has 88 valence electrons. The highest BCUT2D eigenvalue weighted by atomic mass is 19.3. The van der Waals surface area contributed by atoms with E-state index in [0.29, 0.717) is 4.90 Å². The molecule has 1 atom stereocenters. The Bertz CT molecular complexity index is 237. The number of alkyl halides is 2. The molecule has 0 aromatic heterocycles. The summed E-state index contributed by atoms with van der Waals surface area (Å²) in [6, 6.07) is -2.46. The Kier molecular flexibility index (Phi) is 5.53. The van der Waals surface area contributed by atoms with Crippen LogP contribution in [-0.2, 0) is 4.79 Å². The Morgan fingerprint density at radius 3 is 2.33 bits per heavy atom. The maximum absolute atomic E-state index is 11.8. The molecule has 3 N–H and O–H groups in total. The van der Waals surface area contributed by atoms with Gasteiger partial charge in [0.1, 0.15) is 0 Å². The summed E-state index contributed by atoms with van der Waals surface area (Å²) in [5.74, 6) is -1.43. The number of nitrogens with zero attached hydrogens (tertiary/aromatic N) is 1. The molecule has 0 aliphatic rings. The van der Waals surface area contributed by atoms with Crippen LogP contribution in [0, 0.1) is 0 Å². The molecule has 6 nitrogen and oxygen atoms in total. The molecule has 0 aromatic carbocycles. The van der Waals surface area contributed by atoms with Crippen molar-refractivity contribution < 1.29 is 28.6 Å². The molecule has 0 rings (SSSR count). The lowest BCUT2D eigenvalue weighted by atomic mass is 10.3. The highest BCUT2D eigenvalue weighted by Crippen LogP contribution is 1.96. The van der Waals surface area contributed by atoms with E-state index in [-0.39, 0.29) is 0 Å². The Labute approximate surface area is 84.5 Å². The standard InChI is InChI=1S/C7H12F2N2O4/c1-11(2-5(8)9)7(15)10-4(3-12)6(13)14/h4-5,12H,2-3H2,1H3,(H,10,15)(H,13,14). The molecule has 2 amide bonds. The first-order valence-corrected chi connectivity index (χ1v) is 4.02. The van der Waals surface area contributed by atoms with Crippen LogP contribution in [0.25, 0.3) is 0 Å². The smallest absolute Gasteiger partial charge is 0.328 e. The third kappa shape index (κ3) is 5.11. The van der Waals surface area contributed by atoms with E-state index in [2.05, 4.69) is 0 Å². The van der Waals surface area contributed by atoms with Crippen molar-refractivity contribution in [1.82, 2.24) is 10.2 Å². The van der Waals surface area contributed by atoms with Crippen LogP contribution in [0.5, 0.6) is 0 Å². The zero-order chi connectivity index (χ0) is 12.0. The molecule has 0 aromatic rings. The van der Waals surface area contributed by atoms with Crippen molar-refractivity contribution in [1.29, 1.82) is 0 Å². The summed E-state index contributed by atoms with van der Waals surface area (Å²) in [4.78, 5) is 22.1. The van der Waals surface area contributed by atoms with Gasteiger partial charge in [0.15, 0.2) is 6.04 Å². The number of carbonyl (C=O) groups is 2. The van der Waals surface area contributed by atoms with E-state index in [1.54, 1.807) is 0 Å². The van der Waals surface area contributed by atoms with Gasteiger partial charge in [-0.1, -0.05) is 0 Å². The molecule has 0 spiro atoms. The number of carboxylic acids is 1. The first kappa shape index (κ1) is 13.6. The van der Waals surface area contributed by atoms with Gasteiger partial charge in [-0.15, -0.1) is 0 Å². The first-order chi connectivity index (χ1) is 6.88. The number of carboxylic acid groups (broad SMARTS) is 1. The van der Waals surface area contributed by atoms with Crippen LogP contribution >= 0.6 is 0 Å². The van der Waals surface area contributed by atoms with E-state index in [1.165, 1.54) is 0 Å². The Morgan fingerprint density at radius 2 is 2.00 bits per heavy atom. The maximum Gasteiger partial charge on any atom is 0.328 e. The number of amides is 2. The number of rotatable bonds is 5. The highest BCUT2D eigenvalue weighted by Gasteiger charge is 2.21. The summed E-state index contributed by atoms with van der Waals surface area (Å²) in [6.07, 6.45) is -2.70. The summed E-state index contributed by atoms with van der Waals surface area (Å²) >= 11 is 0. The van der Waals surface area contributed by atoms with Gasteiger partial charge in [-0.05, 0) is 0 Å². The largest absolute Gasteiger partial charge is 0.480 e. The number of urea groups is 1. The van der Waals surface area contributed by atoms with Crippen LogP contribution in [0.15, 0.2) is 0 Å². The zero-order valence-electron chi connectivity index (χ0n) is 7.98. The second-order valence-corrected chi connectivity index (χ2v) is 2.79. The lowest BCUT2D eigenvalue weighted by Gasteiger charge is -2.19. The van der Waals surface area contributed by atoms with Gasteiger partial charge in [0.2, 0.25) is 0 Å². The molecule has 15 heavy (non-hydrogen) atoms. The van der Waals surface area contributed by atoms with E-state index in [0.717, 1.165) is 7.05 Å². The molecule has 0 bridgehead atoms. The molecular formula is C7H12F2N2O4. The number of aliphatic carboxylic acids is 1. The first-order valence-electron chi connectivity index (χ1n) is 4.02. The second-order valence-electron chi connectivity index (χ2n) is 2.79. The van der Waals surface area contributed by atoms with Crippen molar-refractivity contribution in [3.05, 3.63) is 0 Å². The molecule has 0 heterocycles. The Balaban J connectivity index is 4.16. The van der Waals surface area contributed by atoms with Gasteiger partial charge in [0, 0.05) is 7.05 Å². The molecule has 0 radical (unpaired) electrons. The fourth-order valence-electron chi connectivity index (χ4n) is 0.735. The van der Waals surface area contributed by atoms with Crippen molar-refractivity contribution in [3.63, 3.8) is 0 Å². The van der Waals surface area contributed by atoms with Crippen LogP contribution in [0.4, 0.5) is 13.6 Å². The number of hydrogen-bond donors (Lipinski definition) is 3. The molecule has 0 aliphatic heterocycles. The number of hydrogen-bond acceptors (Lipinski definition) is 3. The number of carbonyl (C=O) groups excluding carboxylic acids is 1. The number of halogens is 2. The van der Waals surface area contributed by atoms with Crippen LogP contribution in [0.3, 0.4) is 0 Å². The van der Waals surface area contributed by atoms with Crippen molar-refractivity contribution in [2.24, 2.45) is 0 Å². The molecule has 0 saturated carbocycles. The van der Waals surface area contributed by atoms with Crippen LogP contribution in [-0.4, -0.2) is 59.8 Å². The summed E-state index contributed by atoms with van der Waals surface area (Å²) in [7, 11) is 1.10. The predicted octanol–water partition coefficient (Wildman–Crippen LogP) is -0.662. The zero-order valence-corrected chi connectivity index (χ0v) is 7.98. The number of aliphatic hydroxyl groups excluding tert-OH is 1. The van der Waals surface area contributed by atoms with Gasteiger partial charge in [-0.25, -0.2) is 18.4 Å². The van der Waals surface area contributed by atoms with Crippen LogP contribution in [0.2, 0.25) is 0 Å². The van der Waals surface area contributed by atoms with Gasteiger partial charge >= 0.3 is 12.0 Å². The lowest BCUT2D eigenvalue weighted by Crippen LogP contribution is -2.49. The third-order valence-electron chi connectivity index (χ3n) is 1.54. The van der Waals surface area contributed by atoms with Gasteiger partial charge < -0.3 is 20.4 Å². The minimum Gasteiger partial charge on any atom is -0.480 e. The van der Waals surface area contributed by atoms with E-state index in [1.807, 2.05) is 5.32 Å². The summed E-state index contributed by atoms with van der Waals surface area (Å²) in [5.41, 5.74) is 0. The van der Waals surface area contributed by atoms with Crippen molar-refractivity contribution in [2.75, 3.05) is 20.2 Å². The molecule has 8 heteroatoms. The third-order valence-corrected chi connectivity index (χ3v) is 1.54. The molecular weight excluding hydrogens is 214 g/mol. The van der Waals surface area contributed by atoms with E-state index in [4.69, 9.17) is 10.2 Å². The van der Waals surface area contributed by atoms with Crippen LogP contribution in [0.1, 0.15) is 0 Å². The monoisotopic (exact) mass is 226 g/mol. The molecule has 0 fully saturated rings. The normalized spacial score (nSPS) is 12.3.